The Labute approximate surface area is 179 Å². The molecule has 31 heavy (non-hydrogen) atoms. The first-order valence-electron chi connectivity index (χ1n) is 10.2. The summed E-state index contributed by atoms with van der Waals surface area (Å²) in [7, 11) is 0. The van der Waals surface area contributed by atoms with Gasteiger partial charge in [0.05, 0.1) is 37.6 Å². The van der Waals surface area contributed by atoms with E-state index in [1.807, 2.05) is 30.5 Å². The van der Waals surface area contributed by atoms with Crippen LogP contribution in [0.3, 0.4) is 0 Å². The third kappa shape index (κ3) is 4.90. The molecule has 0 radical (unpaired) electrons. The lowest BCUT2D eigenvalue weighted by Gasteiger charge is -2.26. The Kier molecular flexibility index (Phi) is 5.59. The molecular formula is C22H23N7O2. The van der Waals surface area contributed by atoms with Gasteiger partial charge in [-0.3, -0.25) is 4.90 Å². The van der Waals surface area contributed by atoms with Crippen LogP contribution in [0.2, 0.25) is 0 Å². The molecule has 5 rings (SSSR count). The number of rotatable bonds is 7. The molecule has 4 aromatic rings. The predicted molar refractivity (Wildman–Crippen MR) is 116 cm³/mol. The number of morpholine rings is 1. The zero-order valence-electron chi connectivity index (χ0n) is 16.9. The van der Waals surface area contributed by atoms with Gasteiger partial charge in [-0.25, -0.2) is 9.67 Å². The van der Waals surface area contributed by atoms with Gasteiger partial charge < -0.3 is 19.8 Å². The Morgan fingerprint density at radius 1 is 1.03 bits per heavy atom. The van der Waals surface area contributed by atoms with Gasteiger partial charge in [0.1, 0.15) is 5.75 Å². The minimum Gasteiger partial charge on any atom is -0.439 e. The number of aromatic nitrogens is 5. The highest BCUT2D eigenvalue weighted by molar-refractivity contribution is 5.56. The smallest absolute Gasteiger partial charge is 0.217 e. The first-order chi connectivity index (χ1) is 15.3. The maximum Gasteiger partial charge on any atom is 0.217 e. The molecule has 0 unspecified atom stereocenters. The van der Waals surface area contributed by atoms with Gasteiger partial charge in [0.15, 0.2) is 5.82 Å². The van der Waals surface area contributed by atoms with Crippen LogP contribution in [0.15, 0.2) is 67.3 Å². The largest absolute Gasteiger partial charge is 0.439 e. The van der Waals surface area contributed by atoms with Gasteiger partial charge in [-0.1, -0.05) is 17.3 Å². The highest BCUT2D eigenvalue weighted by Gasteiger charge is 2.11. The van der Waals surface area contributed by atoms with Crippen LogP contribution in [0, 0.1) is 0 Å². The lowest BCUT2D eigenvalue weighted by atomic mass is 10.2. The van der Waals surface area contributed by atoms with E-state index in [9.17, 15) is 0 Å². The lowest BCUT2D eigenvalue weighted by Crippen LogP contribution is -2.35. The standard InChI is InChI=1S/C22H23N7O2/c1-3-18(4-2-17(1)14-28-9-11-30-12-10-28)25-21-15-29(27-26-21)19-5-7-20(8-6-19)31-22-13-23-16-24-22/h1-8,13,15-16,25H,9-12,14H2,(H,23,24). The summed E-state index contributed by atoms with van der Waals surface area (Å²) in [4.78, 5) is 9.25. The topological polar surface area (TPSA) is 93.1 Å². The fourth-order valence-electron chi connectivity index (χ4n) is 3.40. The SMILES string of the molecule is c1ncc(Oc2ccc(-n3cc(Nc4ccc(CN5CCOCC5)cc4)nn3)cc2)[nH]1. The Morgan fingerprint density at radius 2 is 1.84 bits per heavy atom. The minimum atomic E-state index is 0.593. The van der Waals surface area contributed by atoms with Crippen LogP contribution >= 0.6 is 0 Å². The van der Waals surface area contributed by atoms with E-state index >= 15 is 0 Å². The number of ether oxygens (including phenoxy) is 2. The Morgan fingerprint density at radius 3 is 2.58 bits per heavy atom. The average Bonchev–Trinajstić information content (AvgIpc) is 3.49. The summed E-state index contributed by atoms with van der Waals surface area (Å²) in [6.45, 7) is 4.54. The van der Waals surface area contributed by atoms with Crippen molar-refractivity contribution in [1.29, 1.82) is 0 Å². The van der Waals surface area contributed by atoms with E-state index in [0.29, 0.717) is 17.4 Å². The zero-order valence-corrected chi connectivity index (χ0v) is 16.9. The molecule has 1 fully saturated rings. The monoisotopic (exact) mass is 417 g/mol. The Bertz CT molecular complexity index is 1090. The van der Waals surface area contributed by atoms with Gasteiger partial charge >= 0.3 is 0 Å². The normalized spacial score (nSPS) is 14.5. The summed E-state index contributed by atoms with van der Waals surface area (Å²) in [5.41, 5.74) is 3.15. The van der Waals surface area contributed by atoms with Crippen LogP contribution in [0.4, 0.5) is 11.5 Å². The molecule has 0 aliphatic carbocycles. The summed E-state index contributed by atoms with van der Waals surface area (Å²) in [5.74, 6) is 1.98. The van der Waals surface area contributed by atoms with E-state index in [0.717, 1.165) is 44.2 Å². The van der Waals surface area contributed by atoms with Gasteiger partial charge in [-0.05, 0) is 42.0 Å². The number of imidazole rings is 1. The summed E-state index contributed by atoms with van der Waals surface area (Å²) in [6.07, 6.45) is 5.05. The maximum absolute atomic E-state index is 5.67. The second-order valence-electron chi connectivity index (χ2n) is 7.27. The van der Waals surface area contributed by atoms with Gasteiger partial charge in [0, 0.05) is 25.3 Å². The van der Waals surface area contributed by atoms with Crippen LogP contribution in [0.5, 0.6) is 11.6 Å². The summed E-state index contributed by atoms with van der Waals surface area (Å²) < 4.78 is 12.8. The maximum atomic E-state index is 5.67. The molecule has 2 N–H and O–H groups in total. The van der Waals surface area contributed by atoms with Crippen molar-refractivity contribution >= 4 is 11.5 Å². The van der Waals surface area contributed by atoms with Crippen molar-refractivity contribution < 1.29 is 9.47 Å². The molecule has 9 nitrogen and oxygen atoms in total. The van der Waals surface area contributed by atoms with E-state index in [-0.39, 0.29) is 0 Å². The molecule has 0 atom stereocenters. The summed E-state index contributed by atoms with van der Waals surface area (Å²) in [5, 5.41) is 11.7. The quantitative estimate of drug-likeness (QED) is 0.476. The first-order valence-corrected chi connectivity index (χ1v) is 10.2. The Balaban J connectivity index is 1.19. The highest BCUT2D eigenvalue weighted by atomic mass is 16.5. The number of aromatic amines is 1. The average molecular weight is 417 g/mol. The molecule has 0 amide bonds. The molecular weight excluding hydrogens is 394 g/mol. The fourth-order valence-corrected chi connectivity index (χ4v) is 3.40. The van der Waals surface area contributed by atoms with Gasteiger partial charge in [0.2, 0.25) is 5.88 Å². The number of hydrogen-bond donors (Lipinski definition) is 2. The highest BCUT2D eigenvalue weighted by Crippen LogP contribution is 2.21. The van der Waals surface area contributed by atoms with E-state index in [4.69, 9.17) is 9.47 Å². The first kappa shape index (κ1) is 19.3. The molecule has 1 saturated heterocycles. The van der Waals surface area contributed by atoms with Crippen molar-refractivity contribution in [3.63, 3.8) is 0 Å². The number of hydrogen-bond acceptors (Lipinski definition) is 7. The molecule has 9 heteroatoms. The molecule has 0 bridgehead atoms. The number of nitrogens with zero attached hydrogens (tertiary/aromatic N) is 5. The predicted octanol–water partition coefficient (Wildman–Crippen LogP) is 3.36. The van der Waals surface area contributed by atoms with Crippen molar-refractivity contribution in [2.75, 3.05) is 31.6 Å². The van der Waals surface area contributed by atoms with Gasteiger partial charge in [0.25, 0.3) is 0 Å². The van der Waals surface area contributed by atoms with Crippen LogP contribution in [0.25, 0.3) is 5.69 Å². The third-order valence-electron chi connectivity index (χ3n) is 5.03. The van der Waals surface area contributed by atoms with Crippen LogP contribution < -0.4 is 10.1 Å². The molecule has 0 spiro atoms. The zero-order chi connectivity index (χ0) is 20.9. The van der Waals surface area contributed by atoms with E-state index in [1.165, 1.54) is 5.56 Å². The minimum absolute atomic E-state index is 0.593. The molecule has 1 aliphatic heterocycles. The van der Waals surface area contributed by atoms with E-state index in [2.05, 4.69) is 54.8 Å². The third-order valence-corrected chi connectivity index (χ3v) is 5.03. The van der Waals surface area contributed by atoms with Crippen molar-refractivity contribution in [1.82, 2.24) is 29.9 Å². The summed E-state index contributed by atoms with van der Waals surface area (Å²) >= 11 is 0. The van der Waals surface area contributed by atoms with E-state index < -0.39 is 0 Å². The number of anilines is 2. The Hall–Kier alpha value is -3.69. The van der Waals surface area contributed by atoms with Crippen molar-refractivity contribution in [2.45, 2.75) is 6.54 Å². The number of benzene rings is 2. The van der Waals surface area contributed by atoms with Gasteiger partial charge in [-0.15, -0.1) is 5.10 Å². The van der Waals surface area contributed by atoms with E-state index in [1.54, 1.807) is 17.2 Å². The second-order valence-corrected chi connectivity index (χ2v) is 7.27. The van der Waals surface area contributed by atoms with Gasteiger partial charge in [-0.2, -0.15) is 0 Å². The number of H-pyrrole nitrogens is 1. The van der Waals surface area contributed by atoms with Crippen LogP contribution in [-0.2, 0) is 11.3 Å². The molecule has 2 aromatic heterocycles. The second kappa shape index (κ2) is 8.99. The van der Waals surface area contributed by atoms with Crippen LogP contribution in [-0.4, -0.2) is 56.2 Å². The number of nitrogens with one attached hydrogen (secondary N) is 2. The molecule has 2 aromatic carbocycles. The van der Waals surface area contributed by atoms with Crippen LogP contribution in [0.1, 0.15) is 5.56 Å². The molecule has 0 saturated carbocycles. The van der Waals surface area contributed by atoms with Crippen molar-refractivity contribution in [3.05, 3.63) is 72.8 Å². The summed E-state index contributed by atoms with van der Waals surface area (Å²) in [6, 6.07) is 16.0. The fraction of sp³-hybridized carbons (Fsp3) is 0.227. The lowest BCUT2D eigenvalue weighted by molar-refractivity contribution is 0.0342. The van der Waals surface area contributed by atoms with Crippen molar-refractivity contribution in [2.24, 2.45) is 0 Å². The molecule has 158 valence electrons. The van der Waals surface area contributed by atoms with Crippen molar-refractivity contribution in [3.8, 4) is 17.3 Å². The molecule has 3 heterocycles. The molecule has 1 aliphatic rings.